The minimum absolute atomic E-state index is 0.0836. The van der Waals surface area contributed by atoms with Crippen LogP contribution in [0.4, 0.5) is 0 Å². The van der Waals surface area contributed by atoms with Gasteiger partial charge in [0.15, 0.2) is 0 Å². The zero-order valence-electron chi connectivity index (χ0n) is 10.4. The van der Waals surface area contributed by atoms with E-state index in [4.69, 9.17) is 5.11 Å². The van der Waals surface area contributed by atoms with Gasteiger partial charge in [0.2, 0.25) is 0 Å². The lowest BCUT2D eigenvalue weighted by molar-refractivity contribution is 0.0866. The lowest BCUT2D eigenvalue weighted by Crippen LogP contribution is -2.36. The van der Waals surface area contributed by atoms with Crippen molar-refractivity contribution in [1.29, 1.82) is 0 Å². The van der Waals surface area contributed by atoms with Crippen LogP contribution in [0.3, 0.4) is 0 Å². The van der Waals surface area contributed by atoms with Gasteiger partial charge in [0.05, 0.1) is 6.10 Å². The standard InChI is InChI=1S/C13H25NO2/c1-2-12(5-3-4-10-15)11-14-8-6-13(16)7-9-14/h5,13,15-16H,2-4,6-11H2,1H3/b12-5+. The molecule has 0 spiro atoms. The number of hydrogen-bond acceptors (Lipinski definition) is 3. The summed E-state index contributed by atoms with van der Waals surface area (Å²) in [5, 5.41) is 18.2. The summed E-state index contributed by atoms with van der Waals surface area (Å²) in [4.78, 5) is 2.42. The summed E-state index contributed by atoms with van der Waals surface area (Å²) < 4.78 is 0. The Bertz CT molecular complexity index is 208. The highest BCUT2D eigenvalue weighted by atomic mass is 16.3. The molecule has 0 aromatic carbocycles. The number of likely N-dealkylation sites (tertiary alicyclic amines) is 1. The summed E-state index contributed by atoms with van der Waals surface area (Å²) in [5.41, 5.74) is 1.46. The van der Waals surface area contributed by atoms with Gasteiger partial charge in [-0.05, 0) is 32.1 Å². The number of rotatable bonds is 6. The highest BCUT2D eigenvalue weighted by Gasteiger charge is 2.16. The van der Waals surface area contributed by atoms with Crippen molar-refractivity contribution in [2.24, 2.45) is 0 Å². The summed E-state index contributed by atoms with van der Waals surface area (Å²) in [7, 11) is 0. The van der Waals surface area contributed by atoms with Crippen molar-refractivity contribution < 1.29 is 10.2 Å². The third kappa shape index (κ3) is 5.10. The van der Waals surface area contributed by atoms with Crippen molar-refractivity contribution >= 4 is 0 Å². The molecule has 0 atom stereocenters. The fourth-order valence-corrected chi connectivity index (χ4v) is 2.08. The maximum atomic E-state index is 9.42. The average Bonchev–Trinajstić information content (AvgIpc) is 2.31. The SMILES string of the molecule is CC/C(=C\CCCO)CN1CCC(O)CC1. The van der Waals surface area contributed by atoms with E-state index in [2.05, 4.69) is 17.9 Å². The quantitative estimate of drug-likeness (QED) is 0.534. The molecule has 0 saturated carbocycles. The summed E-state index contributed by atoms with van der Waals surface area (Å²) in [6.07, 6.45) is 6.94. The van der Waals surface area contributed by atoms with Crippen molar-refractivity contribution in [2.45, 2.75) is 45.1 Å². The van der Waals surface area contributed by atoms with Gasteiger partial charge in [0.25, 0.3) is 0 Å². The number of hydrogen-bond donors (Lipinski definition) is 2. The number of unbranched alkanes of at least 4 members (excludes halogenated alkanes) is 1. The molecule has 1 aliphatic rings. The Balaban J connectivity index is 2.29. The average molecular weight is 227 g/mol. The van der Waals surface area contributed by atoms with E-state index in [1.165, 1.54) is 5.57 Å². The van der Waals surface area contributed by atoms with Crippen LogP contribution in [-0.2, 0) is 0 Å². The number of nitrogens with zero attached hydrogens (tertiary/aromatic N) is 1. The Morgan fingerprint density at radius 1 is 1.38 bits per heavy atom. The van der Waals surface area contributed by atoms with Crippen LogP contribution in [0.1, 0.15) is 39.0 Å². The summed E-state index contributed by atoms with van der Waals surface area (Å²) in [5.74, 6) is 0. The molecule has 3 nitrogen and oxygen atoms in total. The maximum absolute atomic E-state index is 9.42. The molecule has 1 heterocycles. The minimum atomic E-state index is -0.0836. The highest BCUT2D eigenvalue weighted by Crippen LogP contribution is 2.13. The van der Waals surface area contributed by atoms with Crippen LogP contribution in [-0.4, -0.2) is 47.5 Å². The van der Waals surface area contributed by atoms with E-state index in [0.29, 0.717) is 0 Å². The molecule has 0 aliphatic carbocycles. The molecule has 16 heavy (non-hydrogen) atoms. The molecule has 2 N–H and O–H groups in total. The second-order valence-corrected chi connectivity index (χ2v) is 4.59. The van der Waals surface area contributed by atoms with Gasteiger partial charge in [-0.1, -0.05) is 18.6 Å². The summed E-state index contributed by atoms with van der Waals surface area (Å²) >= 11 is 0. The Morgan fingerprint density at radius 2 is 2.06 bits per heavy atom. The van der Waals surface area contributed by atoms with E-state index in [9.17, 15) is 5.11 Å². The molecule has 0 bridgehead atoms. The number of aliphatic hydroxyl groups excluding tert-OH is 2. The van der Waals surface area contributed by atoms with Crippen molar-refractivity contribution in [3.05, 3.63) is 11.6 Å². The number of aliphatic hydroxyl groups is 2. The molecular formula is C13H25NO2. The molecule has 0 aromatic rings. The molecule has 3 heteroatoms. The van der Waals surface area contributed by atoms with Crippen molar-refractivity contribution in [2.75, 3.05) is 26.2 Å². The van der Waals surface area contributed by atoms with E-state index >= 15 is 0 Å². The van der Waals surface area contributed by atoms with Crippen molar-refractivity contribution in [3.8, 4) is 0 Å². The largest absolute Gasteiger partial charge is 0.396 e. The zero-order valence-corrected chi connectivity index (χ0v) is 10.4. The molecule has 1 rings (SSSR count). The maximum Gasteiger partial charge on any atom is 0.0564 e. The van der Waals surface area contributed by atoms with E-state index in [-0.39, 0.29) is 12.7 Å². The Morgan fingerprint density at radius 3 is 2.62 bits per heavy atom. The van der Waals surface area contributed by atoms with Crippen molar-refractivity contribution in [1.82, 2.24) is 4.90 Å². The van der Waals surface area contributed by atoms with Crippen LogP contribution in [0, 0.1) is 0 Å². The van der Waals surface area contributed by atoms with Gasteiger partial charge < -0.3 is 10.2 Å². The minimum Gasteiger partial charge on any atom is -0.396 e. The second kappa shape index (κ2) is 7.82. The lowest BCUT2D eigenvalue weighted by Gasteiger charge is -2.30. The van der Waals surface area contributed by atoms with Crippen LogP contribution in [0.5, 0.6) is 0 Å². The molecular weight excluding hydrogens is 202 g/mol. The molecule has 0 radical (unpaired) electrons. The first kappa shape index (κ1) is 13.7. The van der Waals surface area contributed by atoms with Crippen LogP contribution in [0.15, 0.2) is 11.6 Å². The smallest absolute Gasteiger partial charge is 0.0564 e. The number of piperidine rings is 1. The second-order valence-electron chi connectivity index (χ2n) is 4.59. The topological polar surface area (TPSA) is 43.7 Å². The monoisotopic (exact) mass is 227 g/mol. The molecule has 1 fully saturated rings. The van der Waals surface area contributed by atoms with Crippen LogP contribution >= 0.6 is 0 Å². The number of allylic oxidation sites excluding steroid dienone is 1. The van der Waals surface area contributed by atoms with Gasteiger partial charge in [-0.2, -0.15) is 0 Å². The van der Waals surface area contributed by atoms with Gasteiger partial charge in [-0.25, -0.2) is 0 Å². The fraction of sp³-hybridized carbons (Fsp3) is 0.846. The van der Waals surface area contributed by atoms with Gasteiger partial charge in [-0.15, -0.1) is 0 Å². The van der Waals surface area contributed by atoms with Gasteiger partial charge >= 0.3 is 0 Å². The third-order valence-electron chi connectivity index (χ3n) is 3.23. The molecule has 0 amide bonds. The fourth-order valence-electron chi connectivity index (χ4n) is 2.08. The predicted octanol–water partition coefficient (Wildman–Crippen LogP) is 1.55. The van der Waals surface area contributed by atoms with Crippen LogP contribution in [0.25, 0.3) is 0 Å². The van der Waals surface area contributed by atoms with E-state index in [0.717, 1.165) is 51.7 Å². The molecule has 0 unspecified atom stereocenters. The van der Waals surface area contributed by atoms with Crippen molar-refractivity contribution in [3.63, 3.8) is 0 Å². The summed E-state index contributed by atoms with van der Waals surface area (Å²) in [6, 6.07) is 0. The van der Waals surface area contributed by atoms with Gasteiger partial charge in [0, 0.05) is 26.2 Å². The van der Waals surface area contributed by atoms with Crippen LogP contribution in [0.2, 0.25) is 0 Å². The molecule has 1 saturated heterocycles. The van der Waals surface area contributed by atoms with E-state index in [1.807, 2.05) is 0 Å². The Labute approximate surface area is 98.8 Å². The van der Waals surface area contributed by atoms with E-state index in [1.54, 1.807) is 0 Å². The summed E-state index contributed by atoms with van der Waals surface area (Å²) in [6.45, 7) is 5.53. The lowest BCUT2D eigenvalue weighted by atomic mass is 10.1. The first-order chi connectivity index (χ1) is 7.76. The Kier molecular flexibility index (Phi) is 6.69. The highest BCUT2D eigenvalue weighted by molar-refractivity contribution is 5.04. The third-order valence-corrected chi connectivity index (χ3v) is 3.23. The first-order valence-electron chi connectivity index (χ1n) is 6.45. The van der Waals surface area contributed by atoms with Crippen LogP contribution < -0.4 is 0 Å². The Hall–Kier alpha value is -0.380. The van der Waals surface area contributed by atoms with Gasteiger partial charge in [0.1, 0.15) is 0 Å². The first-order valence-corrected chi connectivity index (χ1v) is 6.45. The molecule has 94 valence electrons. The predicted molar refractivity (Wildman–Crippen MR) is 66.4 cm³/mol. The molecule has 0 aromatic heterocycles. The van der Waals surface area contributed by atoms with E-state index < -0.39 is 0 Å². The van der Waals surface area contributed by atoms with Gasteiger partial charge in [-0.3, -0.25) is 4.90 Å². The zero-order chi connectivity index (χ0) is 11.8. The normalized spacial score (nSPS) is 20.3. The molecule has 1 aliphatic heterocycles.